The summed E-state index contributed by atoms with van der Waals surface area (Å²) in [7, 11) is 1.46. The second-order valence-electron chi connectivity index (χ2n) is 6.25. The number of hydrogen-bond donors (Lipinski definition) is 3. The van der Waals surface area contributed by atoms with Gasteiger partial charge in [0.05, 0.1) is 12.8 Å². The van der Waals surface area contributed by atoms with Crippen molar-refractivity contribution in [3.8, 4) is 11.5 Å². The highest BCUT2D eigenvalue weighted by atomic mass is 16.6. The van der Waals surface area contributed by atoms with E-state index >= 15 is 0 Å². The quantitative estimate of drug-likeness (QED) is 0.745. The van der Waals surface area contributed by atoms with Crippen molar-refractivity contribution < 1.29 is 19.4 Å². The van der Waals surface area contributed by atoms with Gasteiger partial charge in [-0.25, -0.2) is 4.79 Å². The molecule has 0 aliphatic heterocycles. The summed E-state index contributed by atoms with van der Waals surface area (Å²) in [4.78, 5) is 11.8. The van der Waals surface area contributed by atoms with Gasteiger partial charge in [-0.05, 0) is 44.9 Å². The molecule has 116 valence electrons. The molecule has 0 heterocycles. The van der Waals surface area contributed by atoms with Crippen LogP contribution in [0.3, 0.4) is 0 Å². The van der Waals surface area contributed by atoms with Gasteiger partial charge >= 0.3 is 6.09 Å². The fourth-order valence-corrected chi connectivity index (χ4v) is 2.11. The Hall–Kier alpha value is -1.95. The SMILES string of the molecule is COc1cc(C2CC2N)cc(NC(=O)OC(C)(C)C)c1O. The van der Waals surface area contributed by atoms with Gasteiger partial charge in [0.25, 0.3) is 0 Å². The fraction of sp³-hybridized carbons (Fsp3) is 0.533. The van der Waals surface area contributed by atoms with Crippen molar-refractivity contribution >= 4 is 11.8 Å². The first-order chi connectivity index (χ1) is 9.71. The molecule has 21 heavy (non-hydrogen) atoms. The number of aromatic hydroxyl groups is 1. The van der Waals surface area contributed by atoms with Crippen molar-refractivity contribution in [1.82, 2.24) is 0 Å². The molecule has 1 saturated carbocycles. The first kappa shape index (κ1) is 15.4. The maximum absolute atomic E-state index is 11.8. The maximum Gasteiger partial charge on any atom is 0.412 e. The zero-order chi connectivity index (χ0) is 15.8. The topological polar surface area (TPSA) is 93.8 Å². The van der Waals surface area contributed by atoms with Gasteiger partial charge in [-0.15, -0.1) is 0 Å². The molecular weight excluding hydrogens is 272 g/mol. The number of phenols is 1. The van der Waals surface area contributed by atoms with Crippen molar-refractivity contribution in [3.05, 3.63) is 17.7 Å². The van der Waals surface area contributed by atoms with Gasteiger partial charge in [0.15, 0.2) is 11.5 Å². The van der Waals surface area contributed by atoms with E-state index in [4.69, 9.17) is 15.2 Å². The minimum Gasteiger partial charge on any atom is -0.503 e. The van der Waals surface area contributed by atoms with Crippen LogP contribution in [0.2, 0.25) is 0 Å². The van der Waals surface area contributed by atoms with Crippen LogP contribution in [0.15, 0.2) is 12.1 Å². The van der Waals surface area contributed by atoms with Gasteiger partial charge in [0, 0.05) is 12.0 Å². The second kappa shape index (κ2) is 5.44. The van der Waals surface area contributed by atoms with Gasteiger partial charge < -0.3 is 20.3 Å². The molecule has 0 spiro atoms. The Balaban J connectivity index is 2.23. The summed E-state index contributed by atoms with van der Waals surface area (Å²) in [5.74, 6) is 0.415. The van der Waals surface area contributed by atoms with Crippen molar-refractivity contribution in [3.63, 3.8) is 0 Å². The summed E-state index contributed by atoms with van der Waals surface area (Å²) in [5, 5.41) is 12.6. The molecule has 2 unspecified atom stereocenters. The van der Waals surface area contributed by atoms with E-state index in [-0.39, 0.29) is 23.4 Å². The highest BCUT2D eigenvalue weighted by Gasteiger charge is 2.36. The van der Waals surface area contributed by atoms with Crippen molar-refractivity contribution in [2.24, 2.45) is 5.73 Å². The van der Waals surface area contributed by atoms with E-state index in [0.29, 0.717) is 5.75 Å². The zero-order valence-electron chi connectivity index (χ0n) is 12.8. The fourth-order valence-electron chi connectivity index (χ4n) is 2.11. The van der Waals surface area contributed by atoms with E-state index in [1.807, 2.05) is 0 Å². The number of phenolic OH excluding ortho intramolecular Hbond substituents is 1. The Morgan fingerprint density at radius 3 is 2.52 bits per heavy atom. The number of ether oxygens (including phenoxy) is 2. The third-order valence-corrected chi connectivity index (χ3v) is 3.22. The molecule has 0 bridgehead atoms. The first-order valence-electron chi connectivity index (χ1n) is 6.87. The average molecular weight is 294 g/mol. The number of nitrogens with one attached hydrogen (secondary N) is 1. The molecule has 2 rings (SSSR count). The minimum atomic E-state index is -0.628. The number of anilines is 1. The smallest absolute Gasteiger partial charge is 0.412 e. The Bertz CT molecular complexity index is 551. The molecule has 1 aromatic carbocycles. The normalized spacial score (nSPS) is 20.8. The summed E-state index contributed by atoms with van der Waals surface area (Å²) >= 11 is 0. The van der Waals surface area contributed by atoms with Crippen molar-refractivity contribution in [2.45, 2.75) is 44.8 Å². The molecular formula is C15H22N2O4. The lowest BCUT2D eigenvalue weighted by Crippen LogP contribution is -2.27. The molecule has 1 aliphatic rings. The largest absolute Gasteiger partial charge is 0.503 e. The van der Waals surface area contributed by atoms with Crippen LogP contribution in [-0.4, -0.2) is 30.0 Å². The van der Waals surface area contributed by atoms with Crippen LogP contribution < -0.4 is 15.8 Å². The van der Waals surface area contributed by atoms with Gasteiger partial charge in [0.2, 0.25) is 0 Å². The Labute approximate surface area is 124 Å². The van der Waals surface area contributed by atoms with Gasteiger partial charge in [0.1, 0.15) is 5.60 Å². The first-order valence-corrected chi connectivity index (χ1v) is 6.87. The highest BCUT2D eigenvalue weighted by Crippen LogP contribution is 2.45. The van der Waals surface area contributed by atoms with Crippen LogP contribution in [0.4, 0.5) is 10.5 Å². The van der Waals surface area contributed by atoms with Gasteiger partial charge in [-0.1, -0.05) is 0 Å². The number of carbonyl (C=O) groups excluding carboxylic acids is 1. The number of hydrogen-bond acceptors (Lipinski definition) is 5. The van der Waals surface area contributed by atoms with Crippen LogP contribution >= 0.6 is 0 Å². The van der Waals surface area contributed by atoms with Crippen LogP contribution in [-0.2, 0) is 4.74 Å². The van der Waals surface area contributed by atoms with Crippen molar-refractivity contribution in [1.29, 1.82) is 0 Å². The van der Waals surface area contributed by atoms with E-state index in [2.05, 4.69) is 5.32 Å². The van der Waals surface area contributed by atoms with Gasteiger partial charge in [-0.2, -0.15) is 0 Å². The van der Waals surface area contributed by atoms with Crippen LogP contribution in [0, 0.1) is 0 Å². The molecule has 1 aliphatic carbocycles. The molecule has 0 radical (unpaired) electrons. The minimum absolute atomic E-state index is 0.119. The summed E-state index contributed by atoms with van der Waals surface area (Å²) in [6.07, 6.45) is 0.261. The molecule has 6 heteroatoms. The third kappa shape index (κ3) is 3.78. The lowest BCUT2D eigenvalue weighted by Gasteiger charge is -2.20. The molecule has 1 amide bonds. The molecule has 6 nitrogen and oxygen atoms in total. The van der Waals surface area contributed by atoms with E-state index in [9.17, 15) is 9.90 Å². The molecule has 4 N–H and O–H groups in total. The average Bonchev–Trinajstić information content (AvgIpc) is 3.06. The predicted octanol–water partition coefficient (Wildman–Crippen LogP) is 2.56. The summed E-state index contributed by atoms with van der Waals surface area (Å²) in [5.41, 5.74) is 6.43. The lowest BCUT2D eigenvalue weighted by atomic mass is 10.1. The Kier molecular flexibility index (Phi) is 4.00. The van der Waals surface area contributed by atoms with Crippen molar-refractivity contribution in [2.75, 3.05) is 12.4 Å². The molecule has 0 saturated heterocycles. The highest BCUT2D eigenvalue weighted by molar-refractivity contribution is 5.88. The van der Waals surface area contributed by atoms with Crippen LogP contribution in [0.1, 0.15) is 38.7 Å². The van der Waals surface area contributed by atoms with E-state index in [1.54, 1.807) is 32.9 Å². The summed E-state index contributed by atoms with van der Waals surface area (Å²) in [6, 6.07) is 3.57. The standard InChI is InChI=1S/C15H22N2O4/c1-15(2,3)21-14(19)17-11-5-8(9-7-10(9)16)6-12(20-4)13(11)18/h5-6,9-10,18H,7,16H2,1-4H3,(H,17,19). The molecule has 0 aromatic heterocycles. The number of methoxy groups -OCH3 is 1. The second-order valence-corrected chi connectivity index (χ2v) is 6.25. The number of amides is 1. The molecule has 1 aromatic rings. The Morgan fingerprint density at radius 2 is 2.05 bits per heavy atom. The predicted molar refractivity (Wildman–Crippen MR) is 79.8 cm³/mol. The van der Waals surface area contributed by atoms with E-state index < -0.39 is 11.7 Å². The molecule has 2 atom stereocenters. The summed E-state index contributed by atoms with van der Waals surface area (Å²) < 4.78 is 10.3. The van der Waals surface area contributed by atoms with Crippen LogP contribution in [0.25, 0.3) is 0 Å². The van der Waals surface area contributed by atoms with Gasteiger partial charge in [-0.3, -0.25) is 5.32 Å². The monoisotopic (exact) mass is 294 g/mol. The number of carbonyl (C=O) groups is 1. The van der Waals surface area contributed by atoms with E-state index in [0.717, 1.165) is 12.0 Å². The third-order valence-electron chi connectivity index (χ3n) is 3.22. The Morgan fingerprint density at radius 1 is 1.43 bits per heavy atom. The molecule has 1 fully saturated rings. The van der Waals surface area contributed by atoms with Crippen LogP contribution in [0.5, 0.6) is 11.5 Å². The summed E-state index contributed by atoms with van der Waals surface area (Å²) in [6.45, 7) is 5.31. The number of benzene rings is 1. The lowest BCUT2D eigenvalue weighted by molar-refractivity contribution is 0.0635. The zero-order valence-corrected chi connectivity index (χ0v) is 12.8. The van der Waals surface area contributed by atoms with E-state index in [1.165, 1.54) is 7.11 Å². The number of nitrogens with two attached hydrogens (primary N) is 1. The number of rotatable bonds is 3. The maximum atomic E-state index is 11.8.